The zero-order chi connectivity index (χ0) is 11.4. The summed E-state index contributed by atoms with van der Waals surface area (Å²) >= 11 is 12.1. The summed E-state index contributed by atoms with van der Waals surface area (Å²) in [6.45, 7) is 3.54. The number of hydrogen-bond donors (Lipinski definition) is 1. The van der Waals surface area contributed by atoms with Crippen molar-refractivity contribution in [3.05, 3.63) is 33.8 Å². The summed E-state index contributed by atoms with van der Waals surface area (Å²) < 4.78 is 0. The van der Waals surface area contributed by atoms with E-state index < -0.39 is 0 Å². The summed E-state index contributed by atoms with van der Waals surface area (Å²) in [6, 6.07) is 5.78. The molecule has 2 nitrogen and oxygen atoms in total. The molecule has 0 bridgehead atoms. The van der Waals surface area contributed by atoms with Gasteiger partial charge in [-0.2, -0.15) is 0 Å². The predicted molar refractivity (Wildman–Crippen MR) is 66.6 cm³/mol. The van der Waals surface area contributed by atoms with Gasteiger partial charge in [0.25, 0.3) is 0 Å². The van der Waals surface area contributed by atoms with Crippen LogP contribution < -0.4 is 5.73 Å². The van der Waals surface area contributed by atoms with E-state index in [9.17, 15) is 0 Å². The molecule has 0 saturated heterocycles. The Bertz CT molecular complexity index is 328. The molecule has 1 aromatic carbocycles. The van der Waals surface area contributed by atoms with Crippen LogP contribution in [0.25, 0.3) is 0 Å². The van der Waals surface area contributed by atoms with Crippen LogP contribution in [-0.4, -0.2) is 25.0 Å². The molecule has 0 radical (unpaired) electrons. The molecule has 84 valence electrons. The van der Waals surface area contributed by atoms with Gasteiger partial charge in [0, 0.05) is 12.6 Å². The third-order valence-corrected chi connectivity index (χ3v) is 3.43. The second-order valence-electron chi connectivity index (χ2n) is 3.47. The molecule has 15 heavy (non-hydrogen) atoms. The van der Waals surface area contributed by atoms with E-state index in [1.807, 2.05) is 19.2 Å². The molecule has 1 aromatic rings. The van der Waals surface area contributed by atoms with Crippen LogP contribution in [0.4, 0.5) is 0 Å². The van der Waals surface area contributed by atoms with Gasteiger partial charge in [-0.3, -0.25) is 4.90 Å². The lowest BCUT2D eigenvalue weighted by atomic mass is 10.1. The van der Waals surface area contributed by atoms with Gasteiger partial charge in [0.15, 0.2) is 0 Å². The van der Waals surface area contributed by atoms with Crippen LogP contribution in [0, 0.1) is 0 Å². The Kier molecular flexibility index (Phi) is 4.87. The Labute approximate surface area is 101 Å². The van der Waals surface area contributed by atoms with Crippen LogP contribution in [-0.2, 0) is 0 Å². The largest absolute Gasteiger partial charge is 0.329 e. The molecule has 0 spiro atoms. The fourth-order valence-corrected chi connectivity index (χ4v) is 1.98. The molecule has 1 unspecified atom stereocenters. The van der Waals surface area contributed by atoms with Crippen LogP contribution >= 0.6 is 23.2 Å². The summed E-state index contributed by atoms with van der Waals surface area (Å²) in [5, 5.41) is 1.19. The smallest absolute Gasteiger partial charge is 0.0640 e. The van der Waals surface area contributed by atoms with Crippen LogP contribution in [0.1, 0.15) is 18.5 Å². The van der Waals surface area contributed by atoms with E-state index >= 15 is 0 Å². The second-order valence-corrected chi connectivity index (χ2v) is 4.25. The average Bonchev–Trinajstić information content (AvgIpc) is 2.24. The van der Waals surface area contributed by atoms with Gasteiger partial charge in [0.05, 0.1) is 10.0 Å². The van der Waals surface area contributed by atoms with Crippen molar-refractivity contribution in [2.75, 3.05) is 20.1 Å². The van der Waals surface area contributed by atoms with Gasteiger partial charge in [-0.25, -0.2) is 0 Å². The zero-order valence-corrected chi connectivity index (χ0v) is 10.5. The van der Waals surface area contributed by atoms with Crippen LogP contribution in [0.15, 0.2) is 18.2 Å². The van der Waals surface area contributed by atoms with Crippen molar-refractivity contribution in [2.45, 2.75) is 13.0 Å². The van der Waals surface area contributed by atoms with E-state index in [0.29, 0.717) is 16.6 Å². The Morgan fingerprint density at radius 3 is 2.60 bits per heavy atom. The van der Waals surface area contributed by atoms with Crippen molar-refractivity contribution < 1.29 is 0 Å². The summed E-state index contributed by atoms with van der Waals surface area (Å²) in [6.07, 6.45) is 0. The molecular formula is C11H16Cl2N2. The Balaban J connectivity index is 3.07. The average molecular weight is 247 g/mol. The molecule has 0 aliphatic carbocycles. The van der Waals surface area contributed by atoms with Gasteiger partial charge in [0.1, 0.15) is 0 Å². The fraction of sp³-hybridized carbons (Fsp3) is 0.455. The highest BCUT2D eigenvalue weighted by Gasteiger charge is 2.17. The number of nitrogens with zero attached hydrogens (tertiary/aromatic N) is 1. The second kappa shape index (κ2) is 5.71. The first-order valence-electron chi connectivity index (χ1n) is 4.96. The molecule has 1 atom stereocenters. The van der Waals surface area contributed by atoms with Crippen molar-refractivity contribution in [1.82, 2.24) is 4.90 Å². The van der Waals surface area contributed by atoms with E-state index in [0.717, 1.165) is 12.1 Å². The molecule has 0 amide bonds. The standard InChI is InChI=1S/C11H16Cl2N2/c1-3-15(2)10(7-14)8-5-4-6-9(12)11(8)13/h4-6,10H,3,7,14H2,1-2H3. The van der Waals surface area contributed by atoms with Gasteiger partial charge in [-0.15, -0.1) is 0 Å². The molecular weight excluding hydrogens is 231 g/mol. The van der Waals surface area contributed by atoms with Crippen molar-refractivity contribution in [3.63, 3.8) is 0 Å². The molecule has 1 rings (SSSR count). The lowest BCUT2D eigenvalue weighted by molar-refractivity contribution is 0.263. The normalized spacial score (nSPS) is 13.2. The number of benzene rings is 1. The van der Waals surface area contributed by atoms with Crippen LogP contribution in [0.3, 0.4) is 0 Å². The van der Waals surface area contributed by atoms with Crippen LogP contribution in [0.5, 0.6) is 0 Å². The van der Waals surface area contributed by atoms with Gasteiger partial charge in [-0.05, 0) is 25.2 Å². The molecule has 0 aromatic heterocycles. The number of hydrogen-bond acceptors (Lipinski definition) is 2. The molecule has 0 aliphatic heterocycles. The number of likely N-dealkylation sites (N-methyl/N-ethyl adjacent to an activating group) is 1. The minimum Gasteiger partial charge on any atom is -0.329 e. The lowest BCUT2D eigenvalue weighted by Gasteiger charge is -2.26. The molecule has 0 heterocycles. The molecule has 2 N–H and O–H groups in total. The molecule has 0 saturated carbocycles. The Hall–Kier alpha value is -0.280. The monoisotopic (exact) mass is 246 g/mol. The van der Waals surface area contributed by atoms with Gasteiger partial charge < -0.3 is 5.73 Å². The quantitative estimate of drug-likeness (QED) is 0.886. The first-order valence-corrected chi connectivity index (χ1v) is 5.71. The lowest BCUT2D eigenvalue weighted by Crippen LogP contribution is -2.30. The third-order valence-electron chi connectivity index (χ3n) is 2.59. The first-order chi connectivity index (χ1) is 7.11. The summed E-state index contributed by atoms with van der Waals surface area (Å²) in [7, 11) is 2.02. The molecule has 4 heteroatoms. The highest BCUT2D eigenvalue weighted by atomic mass is 35.5. The highest BCUT2D eigenvalue weighted by Crippen LogP contribution is 2.31. The Morgan fingerprint density at radius 2 is 2.07 bits per heavy atom. The van der Waals surface area contributed by atoms with E-state index in [4.69, 9.17) is 28.9 Å². The van der Waals surface area contributed by atoms with Crippen LogP contribution in [0.2, 0.25) is 10.0 Å². The van der Waals surface area contributed by atoms with Crippen molar-refractivity contribution in [3.8, 4) is 0 Å². The SMILES string of the molecule is CCN(C)C(CN)c1cccc(Cl)c1Cl. The predicted octanol–water partition coefficient (Wildman–Crippen LogP) is 2.94. The number of rotatable bonds is 4. The number of halogens is 2. The van der Waals surface area contributed by atoms with E-state index in [1.165, 1.54) is 0 Å². The summed E-state index contributed by atoms with van der Waals surface area (Å²) in [5.74, 6) is 0. The van der Waals surface area contributed by atoms with Gasteiger partial charge >= 0.3 is 0 Å². The van der Waals surface area contributed by atoms with Gasteiger partial charge in [-0.1, -0.05) is 42.3 Å². The fourth-order valence-electron chi connectivity index (χ4n) is 1.54. The van der Waals surface area contributed by atoms with Crippen molar-refractivity contribution in [2.24, 2.45) is 5.73 Å². The first kappa shape index (κ1) is 12.8. The maximum absolute atomic E-state index is 6.15. The summed E-state index contributed by atoms with van der Waals surface area (Å²) in [5.41, 5.74) is 6.75. The molecule has 0 aliphatic rings. The van der Waals surface area contributed by atoms with E-state index in [-0.39, 0.29) is 6.04 Å². The maximum Gasteiger partial charge on any atom is 0.0640 e. The highest BCUT2D eigenvalue weighted by molar-refractivity contribution is 6.42. The summed E-state index contributed by atoms with van der Waals surface area (Å²) in [4.78, 5) is 2.15. The number of nitrogens with two attached hydrogens (primary N) is 1. The molecule has 0 fully saturated rings. The Morgan fingerprint density at radius 1 is 1.40 bits per heavy atom. The third kappa shape index (κ3) is 2.85. The maximum atomic E-state index is 6.15. The van der Waals surface area contributed by atoms with Crippen molar-refractivity contribution >= 4 is 23.2 Å². The van der Waals surface area contributed by atoms with E-state index in [2.05, 4.69) is 11.8 Å². The van der Waals surface area contributed by atoms with E-state index in [1.54, 1.807) is 6.07 Å². The van der Waals surface area contributed by atoms with Gasteiger partial charge in [0.2, 0.25) is 0 Å². The minimum atomic E-state index is 0.126. The zero-order valence-electron chi connectivity index (χ0n) is 9.00. The minimum absolute atomic E-state index is 0.126. The topological polar surface area (TPSA) is 29.3 Å². The van der Waals surface area contributed by atoms with Crippen molar-refractivity contribution in [1.29, 1.82) is 0 Å².